The molecule has 0 saturated carbocycles. The third-order valence-corrected chi connectivity index (χ3v) is 4.10. The molecule has 0 radical (unpaired) electrons. The summed E-state index contributed by atoms with van der Waals surface area (Å²) in [6.07, 6.45) is 0.209. The van der Waals surface area contributed by atoms with E-state index in [1.54, 1.807) is 4.90 Å². The van der Waals surface area contributed by atoms with Gasteiger partial charge in [-0.3, -0.25) is 4.79 Å². The molecule has 3 rings (SSSR count). The largest absolute Gasteiger partial charge is 0.391 e. The van der Waals surface area contributed by atoms with Crippen molar-refractivity contribution in [1.82, 2.24) is 4.90 Å². The van der Waals surface area contributed by atoms with E-state index in [0.29, 0.717) is 18.5 Å². The molecule has 2 aromatic carbocycles. The lowest BCUT2D eigenvalue weighted by Crippen LogP contribution is -2.42. The lowest BCUT2D eigenvalue weighted by Gasteiger charge is -2.31. The van der Waals surface area contributed by atoms with Gasteiger partial charge >= 0.3 is 0 Å². The first-order valence-electron chi connectivity index (χ1n) is 6.96. The first-order chi connectivity index (χ1) is 9.47. The molecule has 1 aliphatic rings. The highest BCUT2D eigenvalue weighted by molar-refractivity contribution is 5.99. The zero-order valence-electron chi connectivity index (χ0n) is 11.8. The number of carbonyl (C=O) groups is 1. The van der Waals surface area contributed by atoms with Crippen LogP contribution in [0.2, 0.25) is 0 Å². The predicted octanol–water partition coefficient (Wildman–Crippen LogP) is 2.83. The maximum absolute atomic E-state index is 12.7. The van der Waals surface area contributed by atoms with Crippen LogP contribution < -0.4 is 0 Å². The van der Waals surface area contributed by atoms with Crippen LogP contribution in [-0.4, -0.2) is 34.1 Å². The zero-order valence-corrected chi connectivity index (χ0v) is 11.8. The molecule has 0 spiro atoms. The van der Waals surface area contributed by atoms with E-state index in [2.05, 4.69) is 0 Å². The molecule has 0 aromatic heterocycles. The molecule has 2 aromatic rings. The lowest BCUT2D eigenvalue weighted by molar-refractivity contribution is 0.0641. The Hall–Kier alpha value is -1.87. The van der Waals surface area contributed by atoms with E-state index in [1.165, 1.54) is 0 Å². The summed E-state index contributed by atoms with van der Waals surface area (Å²) in [5.41, 5.74) is 0.396. The predicted molar refractivity (Wildman–Crippen MR) is 79.7 cm³/mol. The molecule has 1 heterocycles. The van der Waals surface area contributed by atoms with Gasteiger partial charge in [0.25, 0.3) is 5.91 Å². The average Bonchev–Trinajstić information content (AvgIpc) is 2.70. The molecule has 20 heavy (non-hydrogen) atoms. The summed E-state index contributed by atoms with van der Waals surface area (Å²) >= 11 is 0. The van der Waals surface area contributed by atoms with Crippen molar-refractivity contribution in [3.8, 4) is 0 Å². The second-order valence-corrected chi connectivity index (χ2v) is 6.15. The summed E-state index contributed by atoms with van der Waals surface area (Å²) in [5.74, 6) is -0.00250. The van der Waals surface area contributed by atoms with Gasteiger partial charge in [-0.15, -0.1) is 0 Å². The number of aliphatic hydroxyl groups excluding tert-OH is 1. The number of fused-ring (bicyclic) bond motifs is 1. The third-order valence-electron chi connectivity index (χ3n) is 4.10. The maximum atomic E-state index is 12.7. The van der Waals surface area contributed by atoms with Gasteiger partial charge in [0.2, 0.25) is 0 Å². The van der Waals surface area contributed by atoms with Gasteiger partial charge in [0.1, 0.15) is 0 Å². The summed E-state index contributed by atoms with van der Waals surface area (Å²) in [7, 11) is 0. The highest BCUT2D eigenvalue weighted by Crippen LogP contribution is 2.30. The Kier molecular flexibility index (Phi) is 3.02. The topological polar surface area (TPSA) is 40.5 Å². The Morgan fingerprint density at radius 3 is 2.55 bits per heavy atom. The van der Waals surface area contributed by atoms with Crippen LogP contribution in [0.3, 0.4) is 0 Å². The Bertz CT molecular complexity index is 663. The van der Waals surface area contributed by atoms with Crippen LogP contribution in [0.15, 0.2) is 42.5 Å². The van der Waals surface area contributed by atoms with Crippen LogP contribution in [-0.2, 0) is 0 Å². The van der Waals surface area contributed by atoms with E-state index in [-0.39, 0.29) is 11.4 Å². The van der Waals surface area contributed by atoms with Gasteiger partial charge < -0.3 is 10.0 Å². The number of β-amino-alcohol motifs (C(OH)–C–C–N with tert-alkyl or cyclic N) is 1. The minimum atomic E-state index is -0.422. The van der Waals surface area contributed by atoms with Crippen molar-refractivity contribution in [3.63, 3.8) is 0 Å². The monoisotopic (exact) mass is 269 g/mol. The van der Waals surface area contributed by atoms with Gasteiger partial charge in [-0.2, -0.15) is 0 Å². The number of aliphatic hydroxyl groups is 1. The fraction of sp³-hybridized carbons (Fsp3) is 0.353. The first kappa shape index (κ1) is 13.1. The number of hydrogen-bond donors (Lipinski definition) is 1. The van der Waals surface area contributed by atoms with Crippen LogP contribution in [0.4, 0.5) is 0 Å². The van der Waals surface area contributed by atoms with Crippen molar-refractivity contribution in [2.24, 2.45) is 0 Å². The first-order valence-corrected chi connectivity index (χ1v) is 6.96. The summed E-state index contributed by atoms with van der Waals surface area (Å²) in [6.45, 7) is 4.42. The number of carbonyl (C=O) groups excluding carboxylic acids is 1. The Balaban J connectivity index is 1.96. The Morgan fingerprint density at radius 1 is 1.20 bits per heavy atom. The summed E-state index contributed by atoms with van der Waals surface area (Å²) in [5, 5.41) is 12.0. The molecule has 1 aliphatic heterocycles. The fourth-order valence-electron chi connectivity index (χ4n) is 3.05. The fourth-order valence-corrected chi connectivity index (χ4v) is 3.05. The van der Waals surface area contributed by atoms with E-state index >= 15 is 0 Å². The average molecular weight is 269 g/mol. The van der Waals surface area contributed by atoms with Crippen LogP contribution >= 0.6 is 0 Å². The smallest absolute Gasteiger partial charge is 0.254 e. The van der Waals surface area contributed by atoms with Gasteiger partial charge in [0.05, 0.1) is 6.10 Å². The molecule has 1 fully saturated rings. The van der Waals surface area contributed by atoms with Crippen molar-refractivity contribution in [3.05, 3.63) is 48.0 Å². The standard InChI is InChI=1S/C17H19NO2/c1-17(2)10-15(19)11-18(17)16(20)14-8-7-12-5-3-4-6-13(12)9-14/h3-9,15,19H,10-11H2,1-2H3. The number of nitrogens with zero attached hydrogens (tertiary/aromatic N) is 1. The SMILES string of the molecule is CC1(C)CC(O)CN1C(=O)c1ccc2ccccc2c1. The van der Waals surface area contributed by atoms with E-state index < -0.39 is 6.10 Å². The van der Waals surface area contributed by atoms with E-state index in [0.717, 1.165) is 10.8 Å². The molecule has 1 atom stereocenters. The van der Waals surface area contributed by atoms with Crippen LogP contribution in [0.5, 0.6) is 0 Å². The quantitative estimate of drug-likeness (QED) is 0.864. The van der Waals surface area contributed by atoms with Crippen molar-refractivity contribution in [2.75, 3.05) is 6.54 Å². The molecule has 3 nitrogen and oxygen atoms in total. The van der Waals surface area contributed by atoms with Crippen molar-refractivity contribution in [2.45, 2.75) is 31.9 Å². The highest BCUT2D eigenvalue weighted by Gasteiger charge is 2.40. The number of rotatable bonds is 1. The zero-order chi connectivity index (χ0) is 14.3. The van der Waals surface area contributed by atoms with Crippen LogP contribution in [0.25, 0.3) is 10.8 Å². The van der Waals surface area contributed by atoms with E-state index in [9.17, 15) is 9.90 Å². The maximum Gasteiger partial charge on any atom is 0.254 e. The molecular formula is C17H19NO2. The number of amides is 1. The summed E-state index contributed by atoms with van der Waals surface area (Å²) in [4.78, 5) is 14.4. The van der Waals surface area contributed by atoms with Gasteiger partial charge in [0, 0.05) is 17.6 Å². The molecule has 0 aliphatic carbocycles. The van der Waals surface area contributed by atoms with E-state index in [1.807, 2.05) is 56.3 Å². The number of benzene rings is 2. The molecule has 1 N–H and O–H groups in total. The normalized spacial score (nSPS) is 21.4. The van der Waals surface area contributed by atoms with Crippen LogP contribution in [0.1, 0.15) is 30.6 Å². The van der Waals surface area contributed by atoms with Gasteiger partial charge in [-0.1, -0.05) is 30.3 Å². The number of likely N-dealkylation sites (tertiary alicyclic amines) is 1. The molecule has 1 saturated heterocycles. The van der Waals surface area contributed by atoms with Crippen molar-refractivity contribution in [1.29, 1.82) is 0 Å². The van der Waals surface area contributed by atoms with Gasteiger partial charge in [0.15, 0.2) is 0 Å². The van der Waals surface area contributed by atoms with Crippen molar-refractivity contribution >= 4 is 16.7 Å². The Morgan fingerprint density at radius 2 is 1.90 bits per heavy atom. The molecule has 104 valence electrons. The third kappa shape index (κ3) is 2.18. The minimum Gasteiger partial charge on any atom is -0.391 e. The second kappa shape index (κ2) is 4.60. The molecule has 3 heteroatoms. The molecule has 0 bridgehead atoms. The molecule has 1 unspecified atom stereocenters. The lowest BCUT2D eigenvalue weighted by atomic mass is 10.00. The Labute approximate surface area is 118 Å². The molecular weight excluding hydrogens is 250 g/mol. The summed E-state index contributed by atoms with van der Waals surface area (Å²) in [6, 6.07) is 13.8. The van der Waals surface area contributed by atoms with Crippen LogP contribution in [0, 0.1) is 0 Å². The molecule has 1 amide bonds. The number of hydrogen-bond acceptors (Lipinski definition) is 2. The van der Waals surface area contributed by atoms with Gasteiger partial charge in [-0.25, -0.2) is 0 Å². The van der Waals surface area contributed by atoms with Gasteiger partial charge in [-0.05, 0) is 43.2 Å². The van der Waals surface area contributed by atoms with E-state index in [4.69, 9.17) is 0 Å². The summed E-state index contributed by atoms with van der Waals surface area (Å²) < 4.78 is 0. The van der Waals surface area contributed by atoms with Crippen molar-refractivity contribution < 1.29 is 9.90 Å². The minimum absolute atomic E-state index is 0.00250. The highest BCUT2D eigenvalue weighted by atomic mass is 16.3. The second-order valence-electron chi connectivity index (χ2n) is 6.15.